The van der Waals surface area contributed by atoms with E-state index in [1.54, 1.807) is 0 Å². The van der Waals surface area contributed by atoms with Crippen molar-refractivity contribution in [2.75, 3.05) is 0 Å². The molecule has 2 heteroatoms. The van der Waals surface area contributed by atoms with E-state index in [1.807, 2.05) is 6.92 Å². The fraction of sp³-hybridized carbons (Fsp3) is 0.923. The van der Waals surface area contributed by atoms with Crippen LogP contribution >= 0.6 is 0 Å². The molecule has 1 atom stereocenters. The molecule has 0 saturated heterocycles. The summed E-state index contributed by atoms with van der Waals surface area (Å²) >= 11 is 0. The second-order valence-corrected chi connectivity index (χ2v) is 5.53. The van der Waals surface area contributed by atoms with Gasteiger partial charge in [-0.1, -0.05) is 25.7 Å². The van der Waals surface area contributed by atoms with Crippen LogP contribution in [0.4, 0.5) is 0 Å². The lowest BCUT2D eigenvalue weighted by molar-refractivity contribution is -0.0658. The minimum absolute atomic E-state index is 0.384. The number of hydrogen-bond donors (Lipinski definition) is 1. The molecule has 2 aliphatic rings. The SMILES string of the molecule is CC(O)(C1CC1)C1(C#N)CCCCCC1. The van der Waals surface area contributed by atoms with Gasteiger partial charge >= 0.3 is 0 Å². The van der Waals surface area contributed by atoms with Crippen LogP contribution in [-0.2, 0) is 0 Å². The van der Waals surface area contributed by atoms with Crippen LogP contribution in [-0.4, -0.2) is 10.7 Å². The molecule has 1 unspecified atom stereocenters. The lowest BCUT2D eigenvalue weighted by Crippen LogP contribution is -2.46. The molecule has 0 aliphatic heterocycles. The molecule has 0 spiro atoms. The van der Waals surface area contributed by atoms with Crippen LogP contribution in [0.15, 0.2) is 0 Å². The lowest BCUT2D eigenvalue weighted by atomic mass is 9.66. The number of hydrogen-bond acceptors (Lipinski definition) is 2. The molecule has 0 aromatic rings. The van der Waals surface area contributed by atoms with E-state index in [9.17, 15) is 10.4 Å². The average Bonchev–Trinajstić information content (AvgIpc) is 3.05. The Balaban J connectivity index is 2.22. The lowest BCUT2D eigenvalue weighted by Gasteiger charge is -2.40. The average molecular weight is 207 g/mol. The van der Waals surface area contributed by atoms with Crippen LogP contribution in [0.2, 0.25) is 0 Å². The van der Waals surface area contributed by atoms with Gasteiger partial charge in [0.15, 0.2) is 0 Å². The zero-order valence-electron chi connectivity index (χ0n) is 9.63. The van der Waals surface area contributed by atoms with Gasteiger partial charge in [0, 0.05) is 0 Å². The van der Waals surface area contributed by atoms with Crippen LogP contribution in [0.5, 0.6) is 0 Å². The fourth-order valence-corrected chi connectivity index (χ4v) is 3.10. The van der Waals surface area contributed by atoms with E-state index in [1.165, 1.54) is 12.8 Å². The van der Waals surface area contributed by atoms with E-state index in [0.29, 0.717) is 5.92 Å². The Kier molecular flexibility index (Phi) is 2.77. The molecule has 0 heterocycles. The van der Waals surface area contributed by atoms with E-state index >= 15 is 0 Å². The van der Waals surface area contributed by atoms with Crippen LogP contribution < -0.4 is 0 Å². The monoisotopic (exact) mass is 207 g/mol. The van der Waals surface area contributed by atoms with Gasteiger partial charge in [-0.2, -0.15) is 5.26 Å². The maximum Gasteiger partial charge on any atom is 0.0860 e. The Hall–Kier alpha value is -0.550. The van der Waals surface area contributed by atoms with E-state index in [-0.39, 0.29) is 0 Å². The van der Waals surface area contributed by atoms with Crippen molar-refractivity contribution >= 4 is 0 Å². The van der Waals surface area contributed by atoms with E-state index in [0.717, 1.165) is 38.5 Å². The Morgan fingerprint density at radius 3 is 2.13 bits per heavy atom. The highest BCUT2D eigenvalue weighted by atomic mass is 16.3. The molecule has 0 aromatic heterocycles. The summed E-state index contributed by atoms with van der Waals surface area (Å²) in [7, 11) is 0. The number of nitrogens with zero attached hydrogens (tertiary/aromatic N) is 1. The summed E-state index contributed by atoms with van der Waals surface area (Å²) < 4.78 is 0. The maximum absolute atomic E-state index is 10.6. The largest absolute Gasteiger partial charge is 0.388 e. The zero-order valence-corrected chi connectivity index (χ0v) is 9.63. The highest BCUT2D eigenvalue weighted by Crippen LogP contribution is 2.53. The van der Waals surface area contributed by atoms with Crippen LogP contribution in [0, 0.1) is 22.7 Å². The minimum atomic E-state index is -0.744. The third-order valence-corrected chi connectivity index (χ3v) is 4.51. The molecule has 15 heavy (non-hydrogen) atoms. The molecule has 0 bridgehead atoms. The molecular weight excluding hydrogens is 186 g/mol. The molecule has 2 nitrogen and oxygen atoms in total. The van der Waals surface area contributed by atoms with Gasteiger partial charge < -0.3 is 5.11 Å². The van der Waals surface area contributed by atoms with Gasteiger partial charge in [0.1, 0.15) is 0 Å². The van der Waals surface area contributed by atoms with Gasteiger partial charge in [0.2, 0.25) is 0 Å². The first-order valence-electron chi connectivity index (χ1n) is 6.26. The summed E-state index contributed by atoms with van der Waals surface area (Å²) in [6.45, 7) is 1.90. The first-order chi connectivity index (χ1) is 7.12. The topological polar surface area (TPSA) is 44.0 Å². The Bertz CT molecular complexity index is 265. The predicted molar refractivity (Wildman–Crippen MR) is 59.1 cm³/mol. The van der Waals surface area contributed by atoms with Crippen molar-refractivity contribution < 1.29 is 5.11 Å². The van der Waals surface area contributed by atoms with Gasteiger partial charge in [-0.05, 0) is 38.5 Å². The quantitative estimate of drug-likeness (QED) is 0.707. The summed E-state index contributed by atoms with van der Waals surface area (Å²) in [5.41, 5.74) is -1.20. The summed E-state index contributed by atoms with van der Waals surface area (Å²) in [4.78, 5) is 0. The highest BCUT2D eigenvalue weighted by molar-refractivity contribution is 5.14. The van der Waals surface area contributed by atoms with Crippen molar-refractivity contribution in [3.05, 3.63) is 0 Å². The normalized spacial score (nSPS) is 29.9. The van der Waals surface area contributed by atoms with Crippen molar-refractivity contribution in [2.45, 2.75) is 63.9 Å². The molecule has 1 N–H and O–H groups in total. The summed E-state index contributed by atoms with van der Waals surface area (Å²) in [5, 5.41) is 20.1. The Morgan fingerprint density at radius 2 is 1.73 bits per heavy atom. The van der Waals surface area contributed by atoms with Gasteiger partial charge in [-0.15, -0.1) is 0 Å². The molecule has 84 valence electrons. The number of rotatable bonds is 2. The van der Waals surface area contributed by atoms with Crippen LogP contribution in [0.3, 0.4) is 0 Å². The van der Waals surface area contributed by atoms with E-state index in [4.69, 9.17) is 0 Å². The van der Waals surface area contributed by atoms with Crippen molar-refractivity contribution in [1.29, 1.82) is 5.26 Å². The van der Waals surface area contributed by atoms with Crippen molar-refractivity contribution in [3.8, 4) is 6.07 Å². The second kappa shape index (κ2) is 3.79. The molecule has 2 aliphatic carbocycles. The molecule has 0 radical (unpaired) electrons. The molecule has 0 aromatic carbocycles. The van der Waals surface area contributed by atoms with Crippen LogP contribution in [0.25, 0.3) is 0 Å². The Labute approximate surface area is 92.3 Å². The van der Waals surface area contributed by atoms with Gasteiger partial charge in [-0.3, -0.25) is 0 Å². The van der Waals surface area contributed by atoms with Gasteiger partial charge in [0.25, 0.3) is 0 Å². The standard InChI is InChI=1S/C13H21NO/c1-12(15,11-6-7-11)13(10-14)8-4-2-3-5-9-13/h11,15H,2-9H2,1H3. The summed E-state index contributed by atoms with van der Waals surface area (Å²) in [6, 6.07) is 2.47. The van der Waals surface area contributed by atoms with Crippen molar-refractivity contribution in [3.63, 3.8) is 0 Å². The van der Waals surface area contributed by atoms with Gasteiger partial charge in [0.05, 0.1) is 17.1 Å². The third kappa shape index (κ3) is 1.78. The van der Waals surface area contributed by atoms with E-state index < -0.39 is 11.0 Å². The third-order valence-electron chi connectivity index (χ3n) is 4.51. The second-order valence-electron chi connectivity index (χ2n) is 5.53. The highest BCUT2D eigenvalue weighted by Gasteiger charge is 2.55. The minimum Gasteiger partial charge on any atom is -0.388 e. The maximum atomic E-state index is 10.6. The smallest absolute Gasteiger partial charge is 0.0860 e. The van der Waals surface area contributed by atoms with Crippen molar-refractivity contribution in [2.24, 2.45) is 11.3 Å². The molecular formula is C13H21NO. The molecule has 2 fully saturated rings. The number of aliphatic hydroxyl groups is 1. The Morgan fingerprint density at radius 1 is 1.20 bits per heavy atom. The predicted octanol–water partition coefficient (Wildman–Crippen LogP) is 3.01. The molecule has 0 amide bonds. The number of nitriles is 1. The van der Waals surface area contributed by atoms with Crippen LogP contribution in [0.1, 0.15) is 58.3 Å². The molecule has 2 rings (SSSR count). The molecule has 2 saturated carbocycles. The summed E-state index contributed by atoms with van der Waals surface area (Å²) in [5.74, 6) is 0.384. The first kappa shape index (κ1) is 11.0. The van der Waals surface area contributed by atoms with E-state index in [2.05, 4.69) is 6.07 Å². The summed E-state index contributed by atoms with van der Waals surface area (Å²) in [6.07, 6.45) is 8.67. The first-order valence-corrected chi connectivity index (χ1v) is 6.26. The zero-order chi connectivity index (χ0) is 10.9. The van der Waals surface area contributed by atoms with Gasteiger partial charge in [-0.25, -0.2) is 0 Å². The van der Waals surface area contributed by atoms with Crippen molar-refractivity contribution in [1.82, 2.24) is 0 Å². The fourth-order valence-electron chi connectivity index (χ4n) is 3.10.